The molecule has 4 N–H and O–H groups in total. The van der Waals surface area contributed by atoms with Gasteiger partial charge in [0.15, 0.2) is 0 Å². The first-order chi connectivity index (χ1) is 9.06. The van der Waals surface area contributed by atoms with Crippen molar-refractivity contribution in [2.75, 3.05) is 18.8 Å². The molecule has 2 heterocycles. The van der Waals surface area contributed by atoms with Crippen molar-refractivity contribution in [3.8, 4) is 0 Å². The third-order valence-electron chi connectivity index (χ3n) is 3.36. The minimum absolute atomic E-state index is 0.0248. The summed E-state index contributed by atoms with van der Waals surface area (Å²) < 4.78 is 0. The SMILES string of the molecule is NC(=O)C1CCCN(C(=O)Cc2ccc(N)cn2)C1. The van der Waals surface area contributed by atoms with E-state index in [-0.39, 0.29) is 24.2 Å². The van der Waals surface area contributed by atoms with Crippen LogP contribution in [0.4, 0.5) is 5.69 Å². The van der Waals surface area contributed by atoms with Crippen molar-refractivity contribution in [1.29, 1.82) is 0 Å². The molecule has 1 fully saturated rings. The average Bonchev–Trinajstić information content (AvgIpc) is 2.41. The summed E-state index contributed by atoms with van der Waals surface area (Å²) in [6.07, 6.45) is 3.34. The Morgan fingerprint density at radius 2 is 2.21 bits per heavy atom. The second-order valence-corrected chi connectivity index (χ2v) is 4.84. The molecule has 0 saturated carbocycles. The van der Waals surface area contributed by atoms with E-state index in [1.165, 1.54) is 6.20 Å². The molecule has 6 heteroatoms. The van der Waals surface area contributed by atoms with Crippen LogP contribution in [0.5, 0.6) is 0 Å². The van der Waals surface area contributed by atoms with Crippen molar-refractivity contribution < 1.29 is 9.59 Å². The number of anilines is 1. The number of nitrogens with two attached hydrogens (primary N) is 2. The van der Waals surface area contributed by atoms with Gasteiger partial charge in [0.1, 0.15) is 0 Å². The molecule has 0 bridgehead atoms. The van der Waals surface area contributed by atoms with Gasteiger partial charge in [-0.1, -0.05) is 0 Å². The molecular weight excluding hydrogens is 244 g/mol. The lowest BCUT2D eigenvalue weighted by atomic mass is 9.97. The molecular formula is C13H18N4O2. The molecule has 1 unspecified atom stereocenters. The van der Waals surface area contributed by atoms with Gasteiger partial charge in [0, 0.05) is 18.8 Å². The molecule has 0 radical (unpaired) electrons. The Bertz CT molecular complexity index is 472. The number of aromatic nitrogens is 1. The van der Waals surface area contributed by atoms with E-state index in [1.807, 2.05) is 0 Å². The summed E-state index contributed by atoms with van der Waals surface area (Å²) in [5, 5.41) is 0. The monoisotopic (exact) mass is 262 g/mol. The molecule has 6 nitrogen and oxygen atoms in total. The van der Waals surface area contributed by atoms with Crippen LogP contribution in [0.15, 0.2) is 18.3 Å². The van der Waals surface area contributed by atoms with Gasteiger partial charge in [0.25, 0.3) is 0 Å². The Morgan fingerprint density at radius 3 is 2.84 bits per heavy atom. The molecule has 2 rings (SSSR count). The summed E-state index contributed by atoms with van der Waals surface area (Å²) in [5.74, 6) is -0.580. The van der Waals surface area contributed by atoms with Crippen LogP contribution in [-0.2, 0) is 16.0 Å². The average molecular weight is 262 g/mol. The van der Waals surface area contributed by atoms with Gasteiger partial charge in [-0.05, 0) is 25.0 Å². The number of likely N-dealkylation sites (tertiary alicyclic amines) is 1. The largest absolute Gasteiger partial charge is 0.397 e. The Kier molecular flexibility index (Phi) is 3.99. The van der Waals surface area contributed by atoms with Crippen molar-refractivity contribution in [2.45, 2.75) is 19.3 Å². The van der Waals surface area contributed by atoms with Gasteiger partial charge in [0.05, 0.1) is 24.2 Å². The number of nitrogen functional groups attached to an aromatic ring is 1. The molecule has 1 saturated heterocycles. The lowest BCUT2D eigenvalue weighted by Crippen LogP contribution is -2.44. The highest BCUT2D eigenvalue weighted by molar-refractivity contribution is 5.81. The van der Waals surface area contributed by atoms with Crippen LogP contribution in [0, 0.1) is 5.92 Å². The van der Waals surface area contributed by atoms with E-state index >= 15 is 0 Å². The first-order valence-electron chi connectivity index (χ1n) is 6.34. The molecule has 0 aliphatic carbocycles. The third-order valence-corrected chi connectivity index (χ3v) is 3.36. The number of primary amides is 1. The molecule has 0 aromatic carbocycles. The van der Waals surface area contributed by atoms with Gasteiger partial charge in [0.2, 0.25) is 11.8 Å². The van der Waals surface area contributed by atoms with Crippen molar-refractivity contribution in [3.05, 3.63) is 24.0 Å². The number of hydrogen-bond donors (Lipinski definition) is 2. The summed E-state index contributed by atoms with van der Waals surface area (Å²) in [5.41, 5.74) is 12.1. The zero-order valence-corrected chi connectivity index (χ0v) is 10.7. The zero-order valence-electron chi connectivity index (χ0n) is 10.7. The molecule has 0 spiro atoms. The van der Waals surface area contributed by atoms with Crippen LogP contribution < -0.4 is 11.5 Å². The predicted octanol–water partition coefficient (Wildman–Crippen LogP) is -0.0698. The fourth-order valence-electron chi connectivity index (χ4n) is 2.24. The van der Waals surface area contributed by atoms with Crippen LogP contribution >= 0.6 is 0 Å². The third kappa shape index (κ3) is 3.43. The fourth-order valence-corrected chi connectivity index (χ4v) is 2.24. The smallest absolute Gasteiger partial charge is 0.228 e. The summed E-state index contributed by atoms with van der Waals surface area (Å²) >= 11 is 0. The van der Waals surface area contributed by atoms with Gasteiger partial charge >= 0.3 is 0 Å². The maximum absolute atomic E-state index is 12.1. The molecule has 1 atom stereocenters. The highest BCUT2D eigenvalue weighted by Crippen LogP contribution is 2.17. The number of carbonyl (C=O) groups is 2. The van der Waals surface area contributed by atoms with Crippen molar-refractivity contribution >= 4 is 17.5 Å². The number of carbonyl (C=O) groups excluding carboxylic acids is 2. The van der Waals surface area contributed by atoms with Crippen molar-refractivity contribution in [2.24, 2.45) is 11.7 Å². The highest BCUT2D eigenvalue weighted by Gasteiger charge is 2.26. The van der Waals surface area contributed by atoms with Crippen LogP contribution in [0.25, 0.3) is 0 Å². The second kappa shape index (κ2) is 5.69. The molecule has 19 heavy (non-hydrogen) atoms. The summed E-state index contributed by atoms with van der Waals surface area (Å²) in [7, 11) is 0. The number of pyridine rings is 1. The number of rotatable bonds is 3. The molecule has 1 aromatic rings. The molecule has 1 aliphatic rings. The van der Waals surface area contributed by atoms with Crippen LogP contribution in [0.1, 0.15) is 18.5 Å². The lowest BCUT2D eigenvalue weighted by Gasteiger charge is -2.31. The first kappa shape index (κ1) is 13.3. The molecule has 1 aliphatic heterocycles. The standard InChI is InChI=1S/C13H18N4O2/c14-10-3-4-11(16-7-10)6-12(18)17-5-1-2-9(8-17)13(15)19/h3-4,7,9H,1-2,5-6,8,14H2,(H2,15,19). The van der Waals surface area contributed by atoms with E-state index in [4.69, 9.17) is 11.5 Å². The topological polar surface area (TPSA) is 102 Å². The number of hydrogen-bond acceptors (Lipinski definition) is 4. The summed E-state index contributed by atoms with van der Waals surface area (Å²) in [6.45, 7) is 1.10. The van der Waals surface area contributed by atoms with Gasteiger partial charge < -0.3 is 16.4 Å². The van der Waals surface area contributed by atoms with Crippen molar-refractivity contribution in [1.82, 2.24) is 9.88 Å². The lowest BCUT2D eigenvalue weighted by molar-refractivity contribution is -0.134. The van der Waals surface area contributed by atoms with Crippen molar-refractivity contribution in [3.63, 3.8) is 0 Å². The Morgan fingerprint density at radius 1 is 1.42 bits per heavy atom. The Labute approximate surface area is 111 Å². The van der Waals surface area contributed by atoms with E-state index in [0.29, 0.717) is 24.5 Å². The maximum Gasteiger partial charge on any atom is 0.228 e. The van der Waals surface area contributed by atoms with Crippen LogP contribution in [-0.4, -0.2) is 34.8 Å². The Hall–Kier alpha value is -2.11. The normalized spacial score (nSPS) is 19.2. The van der Waals surface area contributed by atoms with Gasteiger partial charge in [-0.15, -0.1) is 0 Å². The fraction of sp³-hybridized carbons (Fsp3) is 0.462. The van der Waals surface area contributed by atoms with E-state index in [0.717, 1.165) is 12.8 Å². The predicted molar refractivity (Wildman–Crippen MR) is 70.9 cm³/mol. The molecule has 1 aromatic heterocycles. The minimum Gasteiger partial charge on any atom is -0.397 e. The van der Waals surface area contributed by atoms with E-state index in [9.17, 15) is 9.59 Å². The second-order valence-electron chi connectivity index (χ2n) is 4.84. The highest BCUT2D eigenvalue weighted by atomic mass is 16.2. The number of piperidine rings is 1. The minimum atomic E-state index is -0.330. The zero-order chi connectivity index (χ0) is 13.8. The quantitative estimate of drug-likeness (QED) is 0.796. The molecule has 2 amide bonds. The Balaban J connectivity index is 1.96. The van der Waals surface area contributed by atoms with Gasteiger partial charge in [-0.25, -0.2) is 0 Å². The maximum atomic E-state index is 12.1. The molecule has 102 valence electrons. The van der Waals surface area contributed by atoms with Gasteiger partial charge in [-0.3, -0.25) is 14.6 Å². The first-order valence-corrected chi connectivity index (χ1v) is 6.34. The van der Waals surface area contributed by atoms with E-state index < -0.39 is 0 Å². The van der Waals surface area contributed by atoms with Crippen LogP contribution in [0.2, 0.25) is 0 Å². The summed E-state index contributed by atoms with van der Waals surface area (Å²) in [6, 6.07) is 3.46. The van der Waals surface area contributed by atoms with Crippen LogP contribution in [0.3, 0.4) is 0 Å². The number of nitrogens with zero attached hydrogens (tertiary/aromatic N) is 2. The number of amides is 2. The summed E-state index contributed by atoms with van der Waals surface area (Å²) in [4.78, 5) is 29.1. The van der Waals surface area contributed by atoms with Gasteiger partial charge in [-0.2, -0.15) is 0 Å². The van der Waals surface area contributed by atoms with E-state index in [2.05, 4.69) is 4.98 Å². The van der Waals surface area contributed by atoms with E-state index in [1.54, 1.807) is 17.0 Å².